The third-order valence-corrected chi connectivity index (χ3v) is 6.62. The van der Waals surface area contributed by atoms with Gasteiger partial charge in [-0.3, -0.25) is 10.2 Å². The maximum atomic E-state index is 12.9. The van der Waals surface area contributed by atoms with Gasteiger partial charge in [-0.25, -0.2) is 4.98 Å². The molecule has 32 heavy (non-hydrogen) atoms. The van der Waals surface area contributed by atoms with E-state index in [-0.39, 0.29) is 29.7 Å². The van der Waals surface area contributed by atoms with Gasteiger partial charge in [-0.2, -0.15) is 4.98 Å². The molecule has 2 unspecified atom stereocenters. The molecular formula is C23H32N8O. The Hall–Kier alpha value is -3.36. The number of rotatable bonds is 5. The molecule has 1 aliphatic carbocycles. The number of carbonyl (C=O) groups excluding carboxylic acids is 1. The Bertz CT molecular complexity index is 1020. The molecule has 1 saturated heterocycles. The first-order chi connectivity index (χ1) is 15.3. The van der Waals surface area contributed by atoms with Crippen LogP contribution in [0.15, 0.2) is 24.3 Å². The van der Waals surface area contributed by atoms with E-state index in [0.717, 1.165) is 31.2 Å². The van der Waals surface area contributed by atoms with Crippen molar-refractivity contribution in [2.45, 2.75) is 57.5 Å². The number of aromatic nitrogens is 2. The zero-order chi connectivity index (χ0) is 22.8. The number of nitrogens with zero attached hydrogens (tertiary/aromatic N) is 3. The lowest BCUT2D eigenvalue weighted by Gasteiger charge is -2.38. The van der Waals surface area contributed by atoms with E-state index in [4.69, 9.17) is 22.6 Å². The second-order valence-electron chi connectivity index (χ2n) is 8.95. The first-order valence-electron chi connectivity index (χ1n) is 11.3. The molecule has 9 heteroatoms. The highest BCUT2D eigenvalue weighted by Crippen LogP contribution is 2.31. The number of nitrogens with one attached hydrogen (secondary N) is 2. The Morgan fingerprint density at radius 2 is 1.88 bits per heavy atom. The number of hydrogen-bond acceptors (Lipinski definition) is 7. The number of nitrogens with two attached hydrogens (primary N) is 3. The minimum absolute atomic E-state index is 0.0723. The van der Waals surface area contributed by atoms with Crippen molar-refractivity contribution in [2.75, 3.05) is 22.9 Å². The number of nitrogen functional groups attached to an aromatic ring is 3. The summed E-state index contributed by atoms with van der Waals surface area (Å²) in [6.07, 6.45) is 6.32. The minimum Gasteiger partial charge on any atom is -0.398 e. The molecule has 0 spiro atoms. The maximum Gasteiger partial charge on any atom is 0.225 e. The molecule has 170 valence electrons. The molecule has 2 atom stereocenters. The zero-order valence-corrected chi connectivity index (χ0v) is 18.5. The monoisotopic (exact) mass is 436 g/mol. The topological polar surface area (TPSA) is 160 Å². The highest BCUT2D eigenvalue weighted by atomic mass is 16.2. The van der Waals surface area contributed by atoms with E-state index in [1.165, 1.54) is 12.8 Å². The molecule has 2 aromatic rings. The highest BCUT2D eigenvalue weighted by Gasteiger charge is 2.32. The number of piperidine rings is 1. The van der Waals surface area contributed by atoms with Crippen molar-refractivity contribution in [3.05, 3.63) is 29.8 Å². The zero-order valence-electron chi connectivity index (χ0n) is 18.5. The number of amides is 1. The van der Waals surface area contributed by atoms with Crippen LogP contribution in [0.1, 0.15) is 51.0 Å². The van der Waals surface area contributed by atoms with Crippen molar-refractivity contribution in [3.8, 4) is 11.3 Å². The highest BCUT2D eigenvalue weighted by molar-refractivity contribution is 6.00. The van der Waals surface area contributed by atoms with Gasteiger partial charge in [-0.1, -0.05) is 18.9 Å². The van der Waals surface area contributed by atoms with Crippen LogP contribution in [-0.4, -0.2) is 40.3 Å². The molecule has 0 radical (unpaired) electrons. The standard InChI is InChI=1S/C23H32N8O/c1-13-6-7-15(22(32)28-16-4-2-3-5-16)12-31(13)20-11-19(29-23(27)30-20)14-8-9-17(21(25)26)18(24)10-14/h8-11,13,15-16H,2-7,12,24H2,1H3,(H3,25,26)(H,28,32)(H2,27,29,30). The van der Waals surface area contributed by atoms with Crippen molar-refractivity contribution in [1.29, 1.82) is 5.41 Å². The van der Waals surface area contributed by atoms with Gasteiger partial charge in [-0.05, 0) is 44.7 Å². The van der Waals surface area contributed by atoms with Gasteiger partial charge >= 0.3 is 0 Å². The summed E-state index contributed by atoms with van der Waals surface area (Å²) in [5, 5.41) is 10.9. The van der Waals surface area contributed by atoms with E-state index in [9.17, 15) is 4.79 Å². The Morgan fingerprint density at radius 1 is 1.12 bits per heavy atom. The normalized spacial score (nSPS) is 21.5. The fourth-order valence-corrected chi connectivity index (χ4v) is 4.74. The van der Waals surface area contributed by atoms with E-state index in [1.54, 1.807) is 12.1 Å². The number of hydrogen-bond donors (Lipinski definition) is 5. The van der Waals surface area contributed by atoms with Gasteiger partial charge in [0.1, 0.15) is 11.7 Å². The number of benzene rings is 1. The molecule has 2 aliphatic rings. The molecule has 1 amide bonds. The number of carbonyl (C=O) groups is 1. The van der Waals surface area contributed by atoms with Gasteiger partial charge < -0.3 is 27.4 Å². The van der Waals surface area contributed by atoms with Gasteiger partial charge in [-0.15, -0.1) is 0 Å². The molecule has 2 fully saturated rings. The lowest BCUT2D eigenvalue weighted by atomic mass is 9.92. The molecule has 4 rings (SSSR count). The summed E-state index contributed by atoms with van der Waals surface area (Å²) in [5.41, 5.74) is 20.0. The quantitative estimate of drug-likeness (QED) is 0.273. The summed E-state index contributed by atoms with van der Waals surface area (Å²) in [5.74, 6) is 0.852. The molecule has 1 aliphatic heterocycles. The van der Waals surface area contributed by atoms with Crippen molar-refractivity contribution >= 4 is 29.2 Å². The second kappa shape index (κ2) is 9.02. The van der Waals surface area contributed by atoms with Crippen molar-refractivity contribution in [1.82, 2.24) is 15.3 Å². The van der Waals surface area contributed by atoms with Crippen LogP contribution in [0.4, 0.5) is 17.5 Å². The van der Waals surface area contributed by atoms with E-state index < -0.39 is 0 Å². The van der Waals surface area contributed by atoms with Crippen molar-refractivity contribution in [3.63, 3.8) is 0 Å². The molecule has 2 heterocycles. The predicted octanol–water partition coefficient (Wildman–Crippen LogP) is 2.26. The Balaban J connectivity index is 1.57. The van der Waals surface area contributed by atoms with Crippen LogP contribution in [0, 0.1) is 11.3 Å². The van der Waals surface area contributed by atoms with Crippen LogP contribution in [-0.2, 0) is 4.79 Å². The molecular weight excluding hydrogens is 404 g/mol. The second-order valence-corrected chi connectivity index (χ2v) is 8.95. The van der Waals surface area contributed by atoms with Crippen LogP contribution in [0.2, 0.25) is 0 Å². The van der Waals surface area contributed by atoms with E-state index in [2.05, 4.69) is 27.1 Å². The van der Waals surface area contributed by atoms with E-state index in [0.29, 0.717) is 35.3 Å². The van der Waals surface area contributed by atoms with Crippen LogP contribution in [0.25, 0.3) is 11.3 Å². The Kier molecular flexibility index (Phi) is 6.16. The first-order valence-corrected chi connectivity index (χ1v) is 11.3. The summed E-state index contributed by atoms with van der Waals surface area (Å²) >= 11 is 0. The van der Waals surface area contributed by atoms with Crippen LogP contribution < -0.4 is 27.4 Å². The summed E-state index contributed by atoms with van der Waals surface area (Å²) in [6.45, 7) is 2.74. The summed E-state index contributed by atoms with van der Waals surface area (Å²) in [6, 6.07) is 7.69. The molecule has 1 aromatic carbocycles. The van der Waals surface area contributed by atoms with Gasteiger partial charge in [0.05, 0.1) is 11.6 Å². The number of amidine groups is 1. The molecule has 9 nitrogen and oxygen atoms in total. The summed E-state index contributed by atoms with van der Waals surface area (Å²) in [7, 11) is 0. The lowest BCUT2D eigenvalue weighted by molar-refractivity contribution is -0.126. The van der Waals surface area contributed by atoms with Crippen LogP contribution >= 0.6 is 0 Å². The van der Waals surface area contributed by atoms with E-state index >= 15 is 0 Å². The third-order valence-electron chi connectivity index (χ3n) is 6.62. The predicted molar refractivity (Wildman–Crippen MR) is 127 cm³/mol. The average Bonchev–Trinajstić information content (AvgIpc) is 3.26. The fourth-order valence-electron chi connectivity index (χ4n) is 4.74. The van der Waals surface area contributed by atoms with Crippen molar-refractivity contribution in [2.24, 2.45) is 11.7 Å². The summed E-state index contributed by atoms with van der Waals surface area (Å²) in [4.78, 5) is 23.9. The van der Waals surface area contributed by atoms with Gasteiger partial charge in [0.15, 0.2) is 0 Å². The fraction of sp³-hybridized carbons (Fsp3) is 0.478. The average molecular weight is 437 g/mol. The molecule has 8 N–H and O–H groups in total. The lowest BCUT2D eigenvalue weighted by Crippen LogP contribution is -2.48. The largest absolute Gasteiger partial charge is 0.398 e. The van der Waals surface area contributed by atoms with Crippen LogP contribution in [0.5, 0.6) is 0 Å². The summed E-state index contributed by atoms with van der Waals surface area (Å²) < 4.78 is 0. The SMILES string of the molecule is CC1CCC(C(=O)NC2CCCC2)CN1c1cc(-c2ccc(C(=N)N)c(N)c2)nc(N)n1. The van der Waals surface area contributed by atoms with E-state index in [1.807, 2.05) is 12.1 Å². The molecule has 0 bridgehead atoms. The first kappa shape index (κ1) is 21.9. The van der Waals surface area contributed by atoms with Crippen molar-refractivity contribution < 1.29 is 4.79 Å². The maximum absolute atomic E-state index is 12.9. The molecule has 1 aromatic heterocycles. The smallest absolute Gasteiger partial charge is 0.225 e. The van der Waals surface area contributed by atoms with Gasteiger partial charge in [0.25, 0.3) is 0 Å². The van der Waals surface area contributed by atoms with Crippen LogP contribution in [0.3, 0.4) is 0 Å². The van der Waals surface area contributed by atoms with Gasteiger partial charge in [0, 0.05) is 41.5 Å². The Labute approximate surface area is 188 Å². The third kappa shape index (κ3) is 4.61. The number of anilines is 3. The Morgan fingerprint density at radius 3 is 2.56 bits per heavy atom. The minimum atomic E-state index is -0.0824. The van der Waals surface area contributed by atoms with Gasteiger partial charge in [0.2, 0.25) is 11.9 Å². The molecule has 1 saturated carbocycles.